The number of aromatic nitrogens is 3. The van der Waals surface area contributed by atoms with Crippen LogP contribution in [0.2, 0.25) is 0 Å². The van der Waals surface area contributed by atoms with Gasteiger partial charge in [-0.1, -0.05) is 30.3 Å². The van der Waals surface area contributed by atoms with Gasteiger partial charge in [0, 0.05) is 12.0 Å². The molecule has 5 heteroatoms. The highest BCUT2D eigenvalue weighted by molar-refractivity contribution is 7.16. The van der Waals surface area contributed by atoms with E-state index in [4.69, 9.17) is 0 Å². The second-order valence-electron chi connectivity index (χ2n) is 6.12. The minimum absolute atomic E-state index is 0.111. The van der Waals surface area contributed by atoms with Gasteiger partial charge < -0.3 is 9.67 Å². The van der Waals surface area contributed by atoms with Crippen molar-refractivity contribution in [2.45, 2.75) is 18.6 Å². The molecule has 2 atom stereocenters. The molecular formula is C19H15N3OS. The van der Waals surface area contributed by atoms with E-state index in [1.165, 1.54) is 11.1 Å². The third kappa shape index (κ3) is 2.02. The topological polar surface area (TPSA) is 50.9 Å². The van der Waals surface area contributed by atoms with E-state index < -0.39 is 6.10 Å². The monoisotopic (exact) mass is 333 g/mol. The van der Waals surface area contributed by atoms with Gasteiger partial charge in [0.1, 0.15) is 0 Å². The van der Waals surface area contributed by atoms with Gasteiger partial charge in [0.15, 0.2) is 0 Å². The van der Waals surface area contributed by atoms with Gasteiger partial charge in [0.2, 0.25) is 0 Å². The van der Waals surface area contributed by atoms with Crippen LogP contribution in [-0.2, 0) is 0 Å². The molecule has 2 unspecified atom stereocenters. The van der Waals surface area contributed by atoms with Crippen molar-refractivity contribution < 1.29 is 5.11 Å². The van der Waals surface area contributed by atoms with E-state index in [-0.39, 0.29) is 6.04 Å². The SMILES string of the molecule is OC(CC1c2ccccc2-c2cncn21)c1ccc2scnc2c1. The fourth-order valence-corrected chi connectivity index (χ4v) is 4.26. The molecule has 4 nitrogen and oxygen atoms in total. The molecule has 2 aromatic carbocycles. The maximum absolute atomic E-state index is 10.8. The van der Waals surface area contributed by atoms with Crippen molar-refractivity contribution in [1.29, 1.82) is 0 Å². The molecule has 3 heterocycles. The number of benzene rings is 2. The maximum Gasteiger partial charge on any atom is 0.0956 e. The summed E-state index contributed by atoms with van der Waals surface area (Å²) in [4.78, 5) is 8.63. The molecule has 0 bridgehead atoms. The number of hydrogen-bond donors (Lipinski definition) is 1. The van der Waals surface area contributed by atoms with Crippen molar-refractivity contribution in [2.24, 2.45) is 0 Å². The van der Waals surface area contributed by atoms with Gasteiger partial charge in [-0.25, -0.2) is 9.97 Å². The molecule has 4 aromatic rings. The van der Waals surface area contributed by atoms with Crippen molar-refractivity contribution in [3.8, 4) is 11.3 Å². The average Bonchev–Trinajstić information content (AvgIpc) is 3.31. The predicted octanol–water partition coefficient (Wildman–Crippen LogP) is 4.19. The molecule has 24 heavy (non-hydrogen) atoms. The van der Waals surface area contributed by atoms with E-state index in [1.54, 1.807) is 11.3 Å². The molecular weight excluding hydrogens is 318 g/mol. The minimum atomic E-state index is -0.539. The van der Waals surface area contributed by atoms with Crippen LogP contribution in [0.15, 0.2) is 60.5 Å². The highest BCUT2D eigenvalue weighted by Crippen LogP contribution is 2.43. The highest BCUT2D eigenvalue weighted by atomic mass is 32.1. The smallest absolute Gasteiger partial charge is 0.0956 e. The highest BCUT2D eigenvalue weighted by Gasteiger charge is 2.30. The normalized spacial score (nSPS) is 17.0. The standard InChI is InChI=1S/C19H15N3OS/c23-18(12-5-6-19-15(7-12)21-11-24-19)8-16-13-3-1-2-4-14(13)17-9-20-10-22(16)17/h1-7,9-11,16,18,23H,8H2. The summed E-state index contributed by atoms with van der Waals surface area (Å²) < 4.78 is 3.31. The first-order chi connectivity index (χ1) is 11.8. The number of thiazole rings is 1. The first-order valence-electron chi connectivity index (χ1n) is 7.93. The zero-order chi connectivity index (χ0) is 16.1. The Morgan fingerprint density at radius 1 is 1.21 bits per heavy atom. The Balaban J connectivity index is 1.51. The van der Waals surface area contributed by atoms with E-state index in [0.717, 1.165) is 21.5 Å². The number of nitrogens with zero attached hydrogens (tertiary/aromatic N) is 3. The van der Waals surface area contributed by atoms with Crippen LogP contribution in [0.3, 0.4) is 0 Å². The lowest BCUT2D eigenvalue weighted by Gasteiger charge is -2.19. The van der Waals surface area contributed by atoms with Gasteiger partial charge in [-0.05, 0) is 23.3 Å². The van der Waals surface area contributed by atoms with Gasteiger partial charge in [-0.2, -0.15) is 0 Å². The lowest BCUT2D eigenvalue weighted by molar-refractivity contribution is 0.154. The second-order valence-corrected chi connectivity index (χ2v) is 7.01. The van der Waals surface area contributed by atoms with Crippen LogP contribution in [0, 0.1) is 0 Å². The molecule has 0 saturated heterocycles. The number of aliphatic hydroxyl groups excluding tert-OH is 1. The van der Waals surface area contributed by atoms with Gasteiger partial charge >= 0.3 is 0 Å². The summed E-state index contributed by atoms with van der Waals surface area (Å²) in [7, 11) is 0. The first-order valence-corrected chi connectivity index (χ1v) is 8.81. The summed E-state index contributed by atoms with van der Waals surface area (Å²) >= 11 is 1.62. The zero-order valence-electron chi connectivity index (χ0n) is 12.8. The Morgan fingerprint density at radius 2 is 2.12 bits per heavy atom. The molecule has 5 rings (SSSR count). The van der Waals surface area contributed by atoms with Crippen molar-refractivity contribution >= 4 is 21.6 Å². The molecule has 0 amide bonds. The average molecular weight is 333 g/mol. The summed E-state index contributed by atoms with van der Waals surface area (Å²) in [5.74, 6) is 0. The fourth-order valence-electron chi connectivity index (χ4n) is 3.60. The van der Waals surface area contributed by atoms with Gasteiger partial charge in [0.05, 0.1) is 46.1 Å². The molecule has 0 spiro atoms. The van der Waals surface area contributed by atoms with E-state index in [1.807, 2.05) is 42.3 Å². The van der Waals surface area contributed by atoms with E-state index in [9.17, 15) is 5.11 Å². The summed E-state index contributed by atoms with van der Waals surface area (Å²) in [6.07, 6.45) is 3.83. The van der Waals surface area contributed by atoms with Crippen LogP contribution >= 0.6 is 11.3 Å². The Bertz CT molecular complexity index is 1040. The Kier molecular flexibility index (Phi) is 3.04. The third-order valence-corrected chi connectivity index (χ3v) is 5.59. The van der Waals surface area contributed by atoms with Crippen LogP contribution in [0.5, 0.6) is 0 Å². The number of aliphatic hydroxyl groups is 1. The van der Waals surface area contributed by atoms with E-state index in [2.05, 4.69) is 32.7 Å². The zero-order valence-corrected chi connectivity index (χ0v) is 13.6. The summed E-state index contributed by atoms with van der Waals surface area (Å²) in [6, 6.07) is 14.5. The van der Waals surface area contributed by atoms with Gasteiger partial charge in [-0.15, -0.1) is 11.3 Å². The number of rotatable bonds is 3. The second kappa shape index (κ2) is 5.26. The molecule has 1 aliphatic heterocycles. The summed E-state index contributed by atoms with van der Waals surface area (Å²) in [6.45, 7) is 0. The van der Waals surface area contributed by atoms with Crippen LogP contribution in [-0.4, -0.2) is 19.6 Å². The number of imidazole rings is 1. The minimum Gasteiger partial charge on any atom is -0.388 e. The lowest BCUT2D eigenvalue weighted by Crippen LogP contribution is -2.10. The molecule has 2 aromatic heterocycles. The fraction of sp³-hybridized carbons (Fsp3) is 0.158. The third-order valence-electron chi connectivity index (χ3n) is 4.78. The quantitative estimate of drug-likeness (QED) is 0.612. The number of fused-ring (bicyclic) bond motifs is 4. The van der Waals surface area contributed by atoms with Gasteiger partial charge in [0.25, 0.3) is 0 Å². The van der Waals surface area contributed by atoms with Crippen molar-refractivity contribution in [3.63, 3.8) is 0 Å². The number of hydrogen-bond acceptors (Lipinski definition) is 4. The molecule has 0 fully saturated rings. The molecule has 0 radical (unpaired) electrons. The van der Waals surface area contributed by atoms with Crippen LogP contribution in [0.1, 0.15) is 29.7 Å². The van der Waals surface area contributed by atoms with E-state index in [0.29, 0.717) is 6.42 Å². The van der Waals surface area contributed by atoms with Crippen molar-refractivity contribution in [2.75, 3.05) is 0 Å². The lowest BCUT2D eigenvalue weighted by atomic mass is 9.96. The largest absolute Gasteiger partial charge is 0.388 e. The molecule has 0 saturated carbocycles. The summed E-state index contributed by atoms with van der Waals surface area (Å²) in [5.41, 5.74) is 7.29. The molecule has 1 aliphatic rings. The Labute approximate surface area is 143 Å². The molecule has 0 aliphatic carbocycles. The van der Waals surface area contributed by atoms with Crippen molar-refractivity contribution in [1.82, 2.24) is 14.5 Å². The molecule has 118 valence electrons. The maximum atomic E-state index is 10.8. The Morgan fingerprint density at radius 3 is 3.08 bits per heavy atom. The van der Waals surface area contributed by atoms with Crippen molar-refractivity contribution in [3.05, 3.63) is 71.6 Å². The predicted molar refractivity (Wildman–Crippen MR) is 95.0 cm³/mol. The summed E-state index contributed by atoms with van der Waals surface area (Å²) in [5, 5.41) is 10.8. The van der Waals surface area contributed by atoms with Gasteiger partial charge in [-0.3, -0.25) is 0 Å². The van der Waals surface area contributed by atoms with Crippen LogP contribution < -0.4 is 0 Å². The molecule has 1 N–H and O–H groups in total. The van der Waals surface area contributed by atoms with E-state index >= 15 is 0 Å². The Hall–Kier alpha value is -2.50. The van der Waals surface area contributed by atoms with Crippen LogP contribution in [0.4, 0.5) is 0 Å². The first kappa shape index (κ1) is 13.9. The van der Waals surface area contributed by atoms with Crippen LogP contribution in [0.25, 0.3) is 21.5 Å².